The Morgan fingerprint density at radius 3 is 2.14 bits per heavy atom. The molecule has 0 fully saturated rings. The monoisotopic (exact) mass is 297 g/mol. The SMILES string of the molecule is CN(C)c1ccc(CNC(=O)CN(C)c2ccccc2)cc1. The van der Waals surface area contributed by atoms with Crippen molar-refractivity contribution in [1.82, 2.24) is 5.32 Å². The average molecular weight is 297 g/mol. The zero-order valence-electron chi connectivity index (χ0n) is 13.4. The highest BCUT2D eigenvalue weighted by Gasteiger charge is 2.07. The van der Waals surface area contributed by atoms with E-state index in [2.05, 4.69) is 22.3 Å². The molecule has 0 aromatic heterocycles. The van der Waals surface area contributed by atoms with Gasteiger partial charge in [0.15, 0.2) is 0 Å². The maximum atomic E-state index is 12.0. The first-order valence-corrected chi connectivity index (χ1v) is 7.35. The van der Waals surface area contributed by atoms with Gasteiger partial charge in [-0.05, 0) is 29.8 Å². The van der Waals surface area contributed by atoms with Gasteiger partial charge in [-0.15, -0.1) is 0 Å². The molecule has 0 saturated carbocycles. The highest BCUT2D eigenvalue weighted by molar-refractivity contribution is 5.81. The topological polar surface area (TPSA) is 35.6 Å². The van der Waals surface area contributed by atoms with E-state index in [-0.39, 0.29) is 5.91 Å². The summed E-state index contributed by atoms with van der Waals surface area (Å²) in [5.74, 6) is 0.0167. The van der Waals surface area contributed by atoms with Gasteiger partial charge in [-0.3, -0.25) is 4.79 Å². The lowest BCUT2D eigenvalue weighted by atomic mass is 10.2. The van der Waals surface area contributed by atoms with Crippen molar-refractivity contribution in [2.24, 2.45) is 0 Å². The number of benzene rings is 2. The van der Waals surface area contributed by atoms with Gasteiger partial charge in [-0.1, -0.05) is 30.3 Å². The lowest BCUT2D eigenvalue weighted by Gasteiger charge is -2.18. The van der Waals surface area contributed by atoms with Crippen molar-refractivity contribution < 1.29 is 4.79 Å². The van der Waals surface area contributed by atoms with Crippen LogP contribution in [0.15, 0.2) is 54.6 Å². The summed E-state index contributed by atoms with van der Waals surface area (Å²) in [6.45, 7) is 0.898. The molecule has 22 heavy (non-hydrogen) atoms. The van der Waals surface area contributed by atoms with Crippen LogP contribution in [0.2, 0.25) is 0 Å². The largest absolute Gasteiger partial charge is 0.378 e. The number of nitrogens with zero attached hydrogens (tertiary/aromatic N) is 2. The van der Waals surface area contributed by atoms with Crippen LogP contribution >= 0.6 is 0 Å². The number of hydrogen-bond acceptors (Lipinski definition) is 3. The predicted octanol–water partition coefficient (Wildman–Crippen LogP) is 2.51. The first-order valence-electron chi connectivity index (χ1n) is 7.35. The zero-order valence-corrected chi connectivity index (χ0v) is 13.4. The number of carbonyl (C=O) groups excluding carboxylic acids is 1. The summed E-state index contributed by atoms with van der Waals surface area (Å²) in [5, 5.41) is 2.95. The third-order valence-electron chi connectivity index (χ3n) is 3.52. The van der Waals surface area contributed by atoms with Gasteiger partial charge in [0.1, 0.15) is 0 Å². The number of likely N-dealkylation sites (N-methyl/N-ethyl adjacent to an activating group) is 1. The van der Waals surface area contributed by atoms with Crippen molar-refractivity contribution >= 4 is 17.3 Å². The number of amides is 1. The van der Waals surface area contributed by atoms with Crippen molar-refractivity contribution in [2.45, 2.75) is 6.54 Å². The smallest absolute Gasteiger partial charge is 0.239 e. The van der Waals surface area contributed by atoms with E-state index < -0.39 is 0 Å². The first kappa shape index (κ1) is 15.9. The molecule has 4 nitrogen and oxygen atoms in total. The van der Waals surface area contributed by atoms with Crippen molar-refractivity contribution in [3.63, 3.8) is 0 Å². The van der Waals surface area contributed by atoms with Crippen LogP contribution in [0.3, 0.4) is 0 Å². The lowest BCUT2D eigenvalue weighted by molar-refractivity contribution is -0.119. The van der Waals surface area contributed by atoms with Crippen LogP contribution < -0.4 is 15.1 Å². The van der Waals surface area contributed by atoms with Crippen molar-refractivity contribution in [2.75, 3.05) is 37.5 Å². The third kappa shape index (κ3) is 4.52. The molecule has 0 heterocycles. The van der Waals surface area contributed by atoms with Crippen LogP contribution in [0, 0.1) is 0 Å². The van der Waals surface area contributed by atoms with Crippen LogP contribution in [0.5, 0.6) is 0 Å². The second kappa shape index (κ2) is 7.50. The molecule has 0 spiro atoms. The number of hydrogen-bond donors (Lipinski definition) is 1. The van der Waals surface area contributed by atoms with E-state index in [4.69, 9.17) is 0 Å². The van der Waals surface area contributed by atoms with Gasteiger partial charge in [-0.25, -0.2) is 0 Å². The van der Waals surface area contributed by atoms with E-state index in [1.165, 1.54) is 0 Å². The highest BCUT2D eigenvalue weighted by atomic mass is 16.2. The summed E-state index contributed by atoms with van der Waals surface area (Å²) in [7, 11) is 5.94. The summed E-state index contributed by atoms with van der Waals surface area (Å²) in [6, 6.07) is 18.1. The molecule has 0 aliphatic rings. The molecule has 2 rings (SSSR count). The number of carbonyl (C=O) groups is 1. The minimum atomic E-state index is 0.0167. The molecular formula is C18H23N3O. The fourth-order valence-corrected chi connectivity index (χ4v) is 2.16. The Bertz CT molecular complexity index is 593. The Morgan fingerprint density at radius 2 is 1.55 bits per heavy atom. The molecule has 2 aromatic carbocycles. The van der Waals surface area contributed by atoms with Gasteiger partial charge in [0.2, 0.25) is 5.91 Å². The van der Waals surface area contributed by atoms with Gasteiger partial charge in [0.25, 0.3) is 0 Å². The van der Waals surface area contributed by atoms with Gasteiger partial charge in [-0.2, -0.15) is 0 Å². The Kier molecular flexibility index (Phi) is 5.42. The molecule has 1 amide bonds. The Balaban J connectivity index is 1.82. The second-order valence-electron chi connectivity index (χ2n) is 5.53. The van der Waals surface area contributed by atoms with Crippen molar-refractivity contribution in [1.29, 1.82) is 0 Å². The number of anilines is 2. The molecule has 0 aliphatic carbocycles. The van der Waals surface area contributed by atoms with Crippen LogP contribution in [-0.2, 0) is 11.3 Å². The molecule has 0 atom stereocenters. The Labute approximate surface area is 132 Å². The number of nitrogens with one attached hydrogen (secondary N) is 1. The maximum Gasteiger partial charge on any atom is 0.239 e. The molecule has 4 heteroatoms. The predicted molar refractivity (Wildman–Crippen MR) is 92.3 cm³/mol. The molecule has 116 valence electrons. The standard InChI is InChI=1S/C18H23N3O/c1-20(2)16-11-9-15(10-12-16)13-19-18(22)14-21(3)17-7-5-4-6-8-17/h4-12H,13-14H2,1-3H3,(H,19,22). The molecule has 0 saturated heterocycles. The van der Waals surface area contributed by atoms with E-state index in [0.717, 1.165) is 16.9 Å². The Hall–Kier alpha value is -2.49. The second-order valence-corrected chi connectivity index (χ2v) is 5.53. The van der Waals surface area contributed by atoms with Gasteiger partial charge in [0.05, 0.1) is 6.54 Å². The van der Waals surface area contributed by atoms with E-state index in [0.29, 0.717) is 13.1 Å². The Morgan fingerprint density at radius 1 is 0.909 bits per heavy atom. The summed E-state index contributed by atoms with van der Waals surface area (Å²) >= 11 is 0. The molecular weight excluding hydrogens is 274 g/mol. The van der Waals surface area contributed by atoms with E-state index >= 15 is 0 Å². The molecule has 1 N–H and O–H groups in total. The van der Waals surface area contributed by atoms with Crippen molar-refractivity contribution in [3.05, 3.63) is 60.2 Å². The maximum absolute atomic E-state index is 12.0. The van der Waals surface area contributed by atoms with Crippen LogP contribution in [0.4, 0.5) is 11.4 Å². The molecule has 0 radical (unpaired) electrons. The summed E-state index contributed by atoms with van der Waals surface area (Å²) in [6.07, 6.45) is 0. The van der Waals surface area contributed by atoms with Gasteiger partial charge >= 0.3 is 0 Å². The quantitative estimate of drug-likeness (QED) is 0.890. The van der Waals surface area contributed by atoms with E-state index in [1.807, 2.05) is 68.5 Å². The van der Waals surface area contributed by atoms with Crippen molar-refractivity contribution in [3.8, 4) is 0 Å². The third-order valence-corrected chi connectivity index (χ3v) is 3.52. The molecule has 0 aliphatic heterocycles. The fourth-order valence-electron chi connectivity index (χ4n) is 2.16. The van der Waals surface area contributed by atoms with E-state index in [9.17, 15) is 4.79 Å². The first-order chi connectivity index (χ1) is 10.6. The molecule has 0 bridgehead atoms. The summed E-state index contributed by atoms with van der Waals surface area (Å²) < 4.78 is 0. The molecule has 0 unspecified atom stereocenters. The summed E-state index contributed by atoms with van der Waals surface area (Å²) in [5.41, 5.74) is 3.29. The van der Waals surface area contributed by atoms with Gasteiger partial charge in [0, 0.05) is 39.1 Å². The van der Waals surface area contributed by atoms with Crippen LogP contribution in [0.25, 0.3) is 0 Å². The lowest BCUT2D eigenvalue weighted by Crippen LogP contribution is -2.34. The average Bonchev–Trinajstić information content (AvgIpc) is 2.54. The summed E-state index contributed by atoms with van der Waals surface area (Å²) in [4.78, 5) is 16.0. The normalized spacial score (nSPS) is 10.1. The van der Waals surface area contributed by atoms with E-state index in [1.54, 1.807) is 0 Å². The minimum absolute atomic E-state index is 0.0167. The minimum Gasteiger partial charge on any atom is -0.378 e. The van der Waals surface area contributed by atoms with Gasteiger partial charge < -0.3 is 15.1 Å². The fraction of sp³-hybridized carbons (Fsp3) is 0.278. The zero-order chi connectivity index (χ0) is 15.9. The van der Waals surface area contributed by atoms with Crippen LogP contribution in [-0.4, -0.2) is 33.6 Å². The highest BCUT2D eigenvalue weighted by Crippen LogP contribution is 2.12. The number of rotatable bonds is 6. The molecule has 2 aromatic rings. The van der Waals surface area contributed by atoms with Crippen LogP contribution in [0.1, 0.15) is 5.56 Å². The number of para-hydroxylation sites is 1.